The SMILES string of the molecule is CCNC(=O)NC1CCCC(C)C1C. The van der Waals surface area contributed by atoms with E-state index in [0.717, 1.165) is 12.3 Å². The molecule has 0 saturated heterocycles. The standard InChI is InChI=1S/C11H22N2O/c1-4-12-11(14)13-10-7-5-6-8(2)9(10)3/h8-10H,4-7H2,1-3H3,(H2,12,13,14). The van der Waals surface area contributed by atoms with Crippen LogP contribution in [-0.4, -0.2) is 18.6 Å². The third-order valence-corrected chi connectivity index (χ3v) is 3.36. The molecule has 3 unspecified atom stereocenters. The Bertz CT molecular complexity index is 194. The summed E-state index contributed by atoms with van der Waals surface area (Å²) in [6.45, 7) is 7.14. The summed E-state index contributed by atoms with van der Waals surface area (Å²) in [5.74, 6) is 1.34. The third kappa shape index (κ3) is 2.89. The summed E-state index contributed by atoms with van der Waals surface area (Å²) in [6, 6.07) is 0.351. The van der Waals surface area contributed by atoms with E-state index in [1.807, 2.05) is 6.92 Å². The summed E-state index contributed by atoms with van der Waals surface area (Å²) in [4.78, 5) is 11.3. The van der Waals surface area contributed by atoms with E-state index in [9.17, 15) is 4.79 Å². The van der Waals surface area contributed by atoms with Crippen LogP contribution in [0.25, 0.3) is 0 Å². The lowest BCUT2D eigenvalue weighted by Crippen LogP contribution is -2.47. The van der Waals surface area contributed by atoms with Crippen LogP contribution in [0.4, 0.5) is 4.79 Å². The van der Waals surface area contributed by atoms with Gasteiger partial charge in [-0.3, -0.25) is 0 Å². The zero-order valence-electron chi connectivity index (χ0n) is 9.47. The maximum atomic E-state index is 11.3. The summed E-state index contributed by atoms with van der Waals surface area (Å²) in [5.41, 5.74) is 0. The second-order valence-electron chi connectivity index (χ2n) is 4.38. The number of nitrogens with one attached hydrogen (secondary N) is 2. The molecular weight excluding hydrogens is 176 g/mol. The number of amides is 2. The van der Waals surface area contributed by atoms with Crippen molar-refractivity contribution >= 4 is 6.03 Å². The van der Waals surface area contributed by atoms with Crippen molar-refractivity contribution in [1.82, 2.24) is 10.6 Å². The van der Waals surface area contributed by atoms with Gasteiger partial charge in [-0.05, 0) is 25.2 Å². The molecule has 0 bridgehead atoms. The maximum Gasteiger partial charge on any atom is 0.315 e. The Morgan fingerprint density at radius 1 is 1.36 bits per heavy atom. The summed E-state index contributed by atoms with van der Waals surface area (Å²) in [6.07, 6.45) is 3.67. The first-order valence-electron chi connectivity index (χ1n) is 5.69. The quantitative estimate of drug-likeness (QED) is 0.701. The van der Waals surface area contributed by atoms with Gasteiger partial charge in [0.25, 0.3) is 0 Å². The first-order chi connectivity index (χ1) is 6.65. The molecule has 14 heavy (non-hydrogen) atoms. The molecule has 1 aliphatic rings. The van der Waals surface area contributed by atoms with Crippen molar-refractivity contribution in [3.63, 3.8) is 0 Å². The number of rotatable bonds is 2. The van der Waals surface area contributed by atoms with Crippen molar-refractivity contribution in [3.05, 3.63) is 0 Å². The molecule has 1 fully saturated rings. The summed E-state index contributed by atoms with van der Waals surface area (Å²) in [5, 5.41) is 5.83. The van der Waals surface area contributed by atoms with Crippen LogP contribution in [0.1, 0.15) is 40.0 Å². The van der Waals surface area contributed by atoms with Crippen molar-refractivity contribution in [2.75, 3.05) is 6.54 Å². The zero-order chi connectivity index (χ0) is 10.6. The first-order valence-corrected chi connectivity index (χ1v) is 5.69. The van der Waals surface area contributed by atoms with Gasteiger partial charge in [0.15, 0.2) is 0 Å². The van der Waals surface area contributed by atoms with E-state index in [2.05, 4.69) is 24.5 Å². The molecule has 1 rings (SSSR count). The molecule has 0 aromatic rings. The predicted octanol–water partition coefficient (Wildman–Crippen LogP) is 2.13. The maximum absolute atomic E-state index is 11.3. The number of urea groups is 1. The summed E-state index contributed by atoms with van der Waals surface area (Å²) >= 11 is 0. The van der Waals surface area contributed by atoms with Crippen LogP contribution in [0.3, 0.4) is 0 Å². The fourth-order valence-electron chi connectivity index (χ4n) is 2.17. The molecule has 2 N–H and O–H groups in total. The second kappa shape index (κ2) is 5.23. The normalized spacial score (nSPS) is 32.4. The van der Waals surface area contributed by atoms with Gasteiger partial charge in [0.1, 0.15) is 0 Å². The first kappa shape index (κ1) is 11.3. The molecule has 2 amide bonds. The lowest BCUT2D eigenvalue weighted by Gasteiger charge is -2.34. The smallest absolute Gasteiger partial charge is 0.315 e. The highest BCUT2D eigenvalue weighted by molar-refractivity contribution is 5.74. The van der Waals surface area contributed by atoms with Crippen LogP contribution in [0.5, 0.6) is 0 Å². The van der Waals surface area contributed by atoms with Crippen molar-refractivity contribution < 1.29 is 4.79 Å². The number of carbonyl (C=O) groups is 1. The molecule has 0 aliphatic heterocycles. The van der Waals surface area contributed by atoms with Gasteiger partial charge in [-0.1, -0.05) is 26.7 Å². The van der Waals surface area contributed by atoms with Gasteiger partial charge in [-0.15, -0.1) is 0 Å². The van der Waals surface area contributed by atoms with Gasteiger partial charge < -0.3 is 10.6 Å². The van der Waals surface area contributed by atoms with Crippen LogP contribution in [0.15, 0.2) is 0 Å². The number of carbonyl (C=O) groups excluding carboxylic acids is 1. The van der Waals surface area contributed by atoms with Gasteiger partial charge in [0.05, 0.1) is 0 Å². The van der Waals surface area contributed by atoms with E-state index in [1.165, 1.54) is 12.8 Å². The van der Waals surface area contributed by atoms with Crippen LogP contribution in [0.2, 0.25) is 0 Å². The average molecular weight is 198 g/mol. The topological polar surface area (TPSA) is 41.1 Å². The van der Waals surface area contributed by atoms with E-state index in [1.54, 1.807) is 0 Å². The highest BCUT2D eigenvalue weighted by Crippen LogP contribution is 2.29. The van der Waals surface area contributed by atoms with Crippen LogP contribution >= 0.6 is 0 Å². The molecule has 0 aromatic carbocycles. The van der Waals surface area contributed by atoms with Crippen molar-refractivity contribution in [2.24, 2.45) is 11.8 Å². The Kier molecular flexibility index (Phi) is 4.23. The minimum absolute atomic E-state index is 0.0153. The Morgan fingerprint density at radius 2 is 2.07 bits per heavy atom. The molecule has 3 heteroatoms. The molecule has 0 spiro atoms. The minimum atomic E-state index is -0.0153. The van der Waals surface area contributed by atoms with E-state index < -0.39 is 0 Å². The van der Waals surface area contributed by atoms with E-state index in [-0.39, 0.29) is 6.03 Å². The molecule has 1 saturated carbocycles. The highest BCUT2D eigenvalue weighted by atomic mass is 16.2. The van der Waals surface area contributed by atoms with Gasteiger partial charge >= 0.3 is 6.03 Å². The lowest BCUT2D eigenvalue weighted by molar-refractivity contribution is 0.195. The fourth-order valence-corrected chi connectivity index (χ4v) is 2.17. The molecule has 0 aromatic heterocycles. The zero-order valence-corrected chi connectivity index (χ0v) is 9.47. The minimum Gasteiger partial charge on any atom is -0.338 e. The third-order valence-electron chi connectivity index (χ3n) is 3.36. The molecule has 3 atom stereocenters. The Morgan fingerprint density at radius 3 is 2.71 bits per heavy atom. The second-order valence-corrected chi connectivity index (χ2v) is 4.38. The molecule has 0 heterocycles. The average Bonchev–Trinajstić information content (AvgIpc) is 2.13. The van der Waals surface area contributed by atoms with Crippen molar-refractivity contribution in [3.8, 4) is 0 Å². The fraction of sp³-hybridized carbons (Fsp3) is 0.909. The van der Waals surface area contributed by atoms with Crippen LogP contribution < -0.4 is 10.6 Å². The van der Waals surface area contributed by atoms with Gasteiger partial charge in [-0.2, -0.15) is 0 Å². The number of hydrogen-bond donors (Lipinski definition) is 2. The number of hydrogen-bond acceptors (Lipinski definition) is 1. The molecule has 82 valence electrons. The Balaban J connectivity index is 2.39. The van der Waals surface area contributed by atoms with Gasteiger partial charge in [0.2, 0.25) is 0 Å². The molecule has 0 radical (unpaired) electrons. The van der Waals surface area contributed by atoms with Crippen molar-refractivity contribution in [1.29, 1.82) is 0 Å². The van der Waals surface area contributed by atoms with Gasteiger partial charge in [0, 0.05) is 12.6 Å². The molecule has 1 aliphatic carbocycles. The molecular formula is C11H22N2O. The van der Waals surface area contributed by atoms with E-state index >= 15 is 0 Å². The lowest BCUT2D eigenvalue weighted by atomic mass is 9.78. The van der Waals surface area contributed by atoms with Crippen molar-refractivity contribution in [2.45, 2.75) is 46.1 Å². The van der Waals surface area contributed by atoms with E-state index in [4.69, 9.17) is 0 Å². The highest BCUT2D eigenvalue weighted by Gasteiger charge is 2.27. The Hall–Kier alpha value is -0.730. The van der Waals surface area contributed by atoms with E-state index in [0.29, 0.717) is 18.5 Å². The van der Waals surface area contributed by atoms with Crippen LogP contribution in [-0.2, 0) is 0 Å². The summed E-state index contributed by atoms with van der Waals surface area (Å²) < 4.78 is 0. The predicted molar refractivity (Wildman–Crippen MR) is 58.2 cm³/mol. The summed E-state index contributed by atoms with van der Waals surface area (Å²) in [7, 11) is 0. The largest absolute Gasteiger partial charge is 0.338 e. The monoisotopic (exact) mass is 198 g/mol. The van der Waals surface area contributed by atoms with Crippen LogP contribution in [0, 0.1) is 11.8 Å². The van der Waals surface area contributed by atoms with Gasteiger partial charge in [-0.25, -0.2) is 4.79 Å². The Labute approximate surface area is 86.6 Å². The molecule has 3 nitrogen and oxygen atoms in total.